The lowest BCUT2D eigenvalue weighted by atomic mass is 10.2. The minimum atomic E-state index is -0.183. The Morgan fingerprint density at radius 1 is 1.43 bits per heavy atom. The second-order valence-electron chi connectivity index (χ2n) is 3.09. The third kappa shape index (κ3) is 1.46. The Hall–Kier alpha value is -1.48. The fourth-order valence-electron chi connectivity index (χ4n) is 1.32. The largest absolute Gasteiger partial charge is 0.330 e. The number of hydrogen-bond acceptors (Lipinski definition) is 1. The molecule has 1 aromatic carbocycles. The van der Waals surface area contributed by atoms with Crippen LogP contribution in [-0.2, 0) is 0 Å². The Kier molecular flexibility index (Phi) is 2.17. The Morgan fingerprint density at radius 3 is 2.86 bits per heavy atom. The molecule has 2 aromatic rings. The number of rotatable bonds is 1. The van der Waals surface area contributed by atoms with Gasteiger partial charge in [0.1, 0.15) is 0 Å². The van der Waals surface area contributed by atoms with E-state index >= 15 is 0 Å². The number of halogens is 1. The van der Waals surface area contributed by atoms with Gasteiger partial charge < -0.3 is 4.98 Å². The molecule has 4 heteroatoms. The number of H-pyrrole nitrogens is 1. The highest BCUT2D eigenvalue weighted by Crippen LogP contribution is 2.19. The summed E-state index contributed by atoms with van der Waals surface area (Å²) in [6.07, 6.45) is 3.24. The molecule has 1 aromatic heterocycles. The van der Waals surface area contributed by atoms with E-state index in [1.807, 2.05) is 19.1 Å². The minimum Gasteiger partial charge on any atom is -0.312 e. The first-order valence-corrected chi connectivity index (χ1v) is 4.59. The molecule has 72 valence electrons. The van der Waals surface area contributed by atoms with Crippen LogP contribution in [0.15, 0.2) is 35.4 Å². The molecule has 3 nitrogen and oxygen atoms in total. The van der Waals surface area contributed by atoms with Crippen LogP contribution in [0.5, 0.6) is 0 Å². The zero-order valence-corrected chi connectivity index (χ0v) is 8.38. The monoisotopic (exact) mass is 208 g/mol. The van der Waals surface area contributed by atoms with Gasteiger partial charge >= 0.3 is 5.69 Å². The van der Waals surface area contributed by atoms with Crippen molar-refractivity contribution in [3.63, 3.8) is 0 Å². The van der Waals surface area contributed by atoms with E-state index in [0.29, 0.717) is 10.7 Å². The van der Waals surface area contributed by atoms with Crippen LogP contribution in [0.2, 0.25) is 5.02 Å². The fraction of sp³-hybridized carbons (Fsp3) is 0.100. The summed E-state index contributed by atoms with van der Waals surface area (Å²) in [6.45, 7) is 1.96. The molecule has 0 bridgehead atoms. The van der Waals surface area contributed by atoms with Gasteiger partial charge in [-0.05, 0) is 24.6 Å². The molecule has 0 aliphatic rings. The molecule has 0 spiro atoms. The van der Waals surface area contributed by atoms with E-state index in [4.69, 9.17) is 11.6 Å². The Bertz CT molecular complexity index is 513. The van der Waals surface area contributed by atoms with Crippen molar-refractivity contribution in [2.24, 2.45) is 0 Å². The molecule has 0 unspecified atom stereocenters. The summed E-state index contributed by atoms with van der Waals surface area (Å²) in [5.74, 6) is 0. The number of aromatic nitrogens is 2. The second-order valence-corrected chi connectivity index (χ2v) is 3.50. The van der Waals surface area contributed by atoms with Crippen molar-refractivity contribution in [3.8, 4) is 5.69 Å². The van der Waals surface area contributed by atoms with E-state index in [2.05, 4.69) is 4.98 Å². The zero-order chi connectivity index (χ0) is 10.1. The predicted octanol–water partition coefficient (Wildman–Crippen LogP) is 2.13. The van der Waals surface area contributed by atoms with Gasteiger partial charge in [-0.15, -0.1) is 0 Å². The molecular weight excluding hydrogens is 200 g/mol. The van der Waals surface area contributed by atoms with Gasteiger partial charge in [-0.25, -0.2) is 4.79 Å². The van der Waals surface area contributed by atoms with Crippen LogP contribution in [0.1, 0.15) is 5.56 Å². The number of nitrogens with one attached hydrogen (secondary N) is 1. The van der Waals surface area contributed by atoms with Crippen LogP contribution in [0.25, 0.3) is 5.69 Å². The number of imidazole rings is 1. The molecule has 0 aliphatic carbocycles. The number of nitrogens with zero attached hydrogens (tertiary/aromatic N) is 1. The molecule has 0 amide bonds. The van der Waals surface area contributed by atoms with Crippen LogP contribution in [0, 0.1) is 6.92 Å². The molecule has 0 saturated heterocycles. The van der Waals surface area contributed by atoms with Gasteiger partial charge in [0.05, 0.1) is 10.7 Å². The third-order valence-corrected chi connectivity index (χ3v) is 2.33. The first-order chi connectivity index (χ1) is 6.68. The summed E-state index contributed by atoms with van der Waals surface area (Å²) in [6, 6.07) is 5.56. The number of benzene rings is 1. The minimum absolute atomic E-state index is 0.183. The van der Waals surface area contributed by atoms with Crippen LogP contribution in [0.4, 0.5) is 0 Å². The molecule has 0 atom stereocenters. The standard InChI is InChI=1S/C10H9ClN2O/c1-7-2-3-8(11)9(6-7)13-5-4-12-10(13)14/h2-6H,1H3,(H,12,14). The highest BCUT2D eigenvalue weighted by molar-refractivity contribution is 6.32. The number of aromatic amines is 1. The van der Waals surface area contributed by atoms with Gasteiger partial charge in [-0.3, -0.25) is 4.57 Å². The van der Waals surface area contributed by atoms with Gasteiger partial charge in [0, 0.05) is 12.4 Å². The van der Waals surface area contributed by atoms with Crippen molar-refractivity contribution in [1.82, 2.24) is 9.55 Å². The summed E-state index contributed by atoms with van der Waals surface area (Å²) in [5.41, 5.74) is 1.59. The van der Waals surface area contributed by atoms with E-state index in [1.165, 1.54) is 4.57 Å². The van der Waals surface area contributed by atoms with Crippen molar-refractivity contribution in [2.75, 3.05) is 0 Å². The zero-order valence-electron chi connectivity index (χ0n) is 7.62. The van der Waals surface area contributed by atoms with Gasteiger partial charge in [-0.1, -0.05) is 17.7 Å². The van der Waals surface area contributed by atoms with E-state index in [9.17, 15) is 4.79 Å². The molecule has 0 saturated carbocycles. The van der Waals surface area contributed by atoms with Crippen LogP contribution in [-0.4, -0.2) is 9.55 Å². The first kappa shape index (κ1) is 9.09. The first-order valence-electron chi connectivity index (χ1n) is 4.21. The van der Waals surface area contributed by atoms with Crippen LogP contribution in [0.3, 0.4) is 0 Å². The fourth-order valence-corrected chi connectivity index (χ4v) is 1.53. The molecule has 0 aliphatic heterocycles. The lowest BCUT2D eigenvalue weighted by molar-refractivity contribution is 0.985. The number of hydrogen-bond donors (Lipinski definition) is 1. The van der Waals surface area contributed by atoms with Gasteiger partial charge in [-0.2, -0.15) is 0 Å². The molecule has 1 N–H and O–H groups in total. The second kappa shape index (κ2) is 3.35. The van der Waals surface area contributed by atoms with Crippen molar-refractivity contribution < 1.29 is 0 Å². The maximum Gasteiger partial charge on any atom is 0.330 e. The number of aryl methyl sites for hydroxylation is 1. The average Bonchev–Trinajstić information content (AvgIpc) is 2.56. The van der Waals surface area contributed by atoms with Crippen LogP contribution < -0.4 is 5.69 Å². The average molecular weight is 209 g/mol. The maximum atomic E-state index is 11.3. The van der Waals surface area contributed by atoms with Crippen molar-refractivity contribution >= 4 is 11.6 Å². The summed E-state index contributed by atoms with van der Waals surface area (Å²) in [7, 11) is 0. The summed E-state index contributed by atoms with van der Waals surface area (Å²) >= 11 is 5.99. The quantitative estimate of drug-likeness (QED) is 0.766. The lowest BCUT2D eigenvalue weighted by Crippen LogP contribution is -2.14. The smallest absolute Gasteiger partial charge is 0.312 e. The normalized spacial score (nSPS) is 10.4. The van der Waals surface area contributed by atoms with Crippen molar-refractivity contribution in [3.05, 3.63) is 51.7 Å². The molecule has 0 fully saturated rings. The lowest BCUT2D eigenvalue weighted by Gasteiger charge is -2.04. The highest BCUT2D eigenvalue weighted by atomic mass is 35.5. The van der Waals surface area contributed by atoms with Gasteiger partial charge in [0.25, 0.3) is 0 Å². The van der Waals surface area contributed by atoms with Crippen molar-refractivity contribution in [1.29, 1.82) is 0 Å². The van der Waals surface area contributed by atoms with Gasteiger partial charge in [0.2, 0.25) is 0 Å². The molecule has 14 heavy (non-hydrogen) atoms. The summed E-state index contributed by atoms with van der Waals surface area (Å²) in [5, 5.41) is 0.567. The van der Waals surface area contributed by atoms with Crippen molar-refractivity contribution in [2.45, 2.75) is 6.92 Å². The predicted molar refractivity (Wildman–Crippen MR) is 56.1 cm³/mol. The topological polar surface area (TPSA) is 37.8 Å². The summed E-state index contributed by atoms with van der Waals surface area (Å²) in [4.78, 5) is 13.9. The molecule has 1 heterocycles. The Balaban J connectivity index is 2.68. The Morgan fingerprint density at radius 2 is 2.21 bits per heavy atom. The van der Waals surface area contributed by atoms with E-state index in [-0.39, 0.29) is 5.69 Å². The van der Waals surface area contributed by atoms with Crippen LogP contribution >= 0.6 is 11.6 Å². The SMILES string of the molecule is Cc1ccc(Cl)c(-n2cc[nH]c2=O)c1. The summed E-state index contributed by atoms with van der Waals surface area (Å²) < 4.78 is 1.48. The molecule has 2 rings (SSSR count). The van der Waals surface area contributed by atoms with E-state index in [0.717, 1.165) is 5.56 Å². The Labute approximate surface area is 86.0 Å². The molecule has 0 radical (unpaired) electrons. The highest BCUT2D eigenvalue weighted by Gasteiger charge is 2.04. The maximum absolute atomic E-state index is 11.3. The van der Waals surface area contributed by atoms with Gasteiger partial charge in [0.15, 0.2) is 0 Å². The molecular formula is C10H9ClN2O. The van der Waals surface area contributed by atoms with E-state index < -0.39 is 0 Å². The van der Waals surface area contributed by atoms with E-state index in [1.54, 1.807) is 18.5 Å². The third-order valence-electron chi connectivity index (χ3n) is 2.01.